The highest BCUT2D eigenvalue weighted by Crippen LogP contribution is 2.25. The number of ether oxygens (including phenoxy) is 1. The molecule has 0 aromatic heterocycles. The summed E-state index contributed by atoms with van der Waals surface area (Å²) in [5.74, 6) is 0.307. The van der Waals surface area contributed by atoms with E-state index < -0.39 is 15.9 Å². The van der Waals surface area contributed by atoms with Crippen LogP contribution in [0.15, 0.2) is 88.2 Å². The van der Waals surface area contributed by atoms with Crippen LogP contribution >= 0.6 is 15.9 Å². The molecule has 31 heavy (non-hydrogen) atoms. The van der Waals surface area contributed by atoms with Gasteiger partial charge in [-0.1, -0.05) is 46.3 Å². The van der Waals surface area contributed by atoms with Gasteiger partial charge in [0.25, 0.3) is 10.0 Å². The number of carbonyl (C=O) groups excluding carboxylic acids is 1. The van der Waals surface area contributed by atoms with Crippen molar-refractivity contribution >= 4 is 37.5 Å². The van der Waals surface area contributed by atoms with Gasteiger partial charge in [0.1, 0.15) is 12.3 Å². The first-order valence-electron chi connectivity index (χ1n) is 9.72. The third-order valence-corrected chi connectivity index (χ3v) is 6.75. The minimum atomic E-state index is -3.92. The average molecular weight is 503 g/mol. The second kappa shape index (κ2) is 10.5. The summed E-state index contributed by atoms with van der Waals surface area (Å²) in [4.78, 5) is 12.8. The molecule has 0 heterocycles. The standard InChI is InChI=1S/C23H23BrN2O4S/c1-2-30-21-8-6-7-18(15-21)16-25-23(27)17-26(20-13-11-19(24)12-14-20)31(28,29)22-9-4-3-5-10-22/h3-15H,2,16-17H2,1H3,(H,25,27). The lowest BCUT2D eigenvalue weighted by molar-refractivity contribution is -0.119. The van der Waals surface area contributed by atoms with E-state index in [1.54, 1.807) is 42.5 Å². The fourth-order valence-electron chi connectivity index (χ4n) is 2.94. The minimum Gasteiger partial charge on any atom is -0.494 e. The van der Waals surface area contributed by atoms with E-state index >= 15 is 0 Å². The normalized spacial score (nSPS) is 11.0. The molecular weight excluding hydrogens is 480 g/mol. The van der Waals surface area contributed by atoms with Crippen LogP contribution < -0.4 is 14.4 Å². The van der Waals surface area contributed by atoms with E-state index in [1.807, 2.05) is 31.2 Å². The van der Waals surface area contributed by atoms with E-state index in [1.165, 1.54) is 12.1 Å². The number of nitrogens with zero attached hydrogens (tertiary/aromatic N) is 1. The smallest absolute Gasteiger partial charge is 0.264 e. The van der Waals surface area contributed by atoms with Crippen molar-refractivity contribution in [2.75, 3.05) is 17.5 Å². The maximum Gasteiger partial charge on any atom is 0.264 e. The summed E-state index contributed by atoms with van der Waals surface area (Å²) in [6, 6.07) is 22.3. The molecule has 8 heteroatoms. The zero-order chi connectivity index (χ0) is 22.3. The van der Waals surface area contributed by atoms with Gasteiger partial charge in [-0.3, -0.25) is 9.10 Å². The van der Waals surface area contributed by atoms with Crippen molar-refractivity contribution in [1.29, 1.82) is 0 Å². The highest BCUT2D eigenvalue weighted by Gasteiger charge is 2.27. The highest BCUT2D eigenvalue weighted by molar-refractivity contribution is 9.10. The zero-order valence-corrected chi connectivity index (χ0v) is 19.4. The van der Waals surface area contributed by atoms with E-state index in [-0.39, 0.29) is 18.0 Å². The van der Waals surface area contributed by atoms with Crippen LogP contribution in [0.25, 0.3) is 0 Å². The quantitative estimate of drug-likeness (QED) is 0.471. The Kier molecular flexibility index (Phi) is 7.70. The maximum atomic E-state index is 13.3. The van der Waals surface area contributed by atoms with Crippen LogP contribution in [0.1, 0.15) is 12.5 Å². The lowest BCUT2D eigenvalue weighted by atomic mass is 10.2. The molecule has 3 aromatic rings. The Morgan fingerprint density at radius 2 is 1.71 bits per heavy atom. The molecule has 0 radical (unpaired) electrons. The number of sulfonamides is 1. The van der Waals surface area contributed by atoms with Gasteiger partial charge in [0.05, 0.1) is 17.2 Å². The lowest BCUT2D eigenvalue weighted by Gasteiger charge is -2.24. The third-order valence-electron chi connectivity index (χ3n) is 4.43. The summed E-state index contributed by atoms with van der Waals surface area (Å²) >= 11 is 3.35. The molecular formula is C23H23BrN2O4S. The number of nitrogens with one attached hydrogen (secondary N) is 1. The zero-order valence-electron chi connectivity index (χ0n) is 17.0. The maximum absolute atomic E-state index is 13.3. The molecule has 162 valence electrons. The average Bonchev–Trinajstić information content (AvgIpc) is 2.78. The molecule has 0 saturated carbocycles. The molecule has 0 aliphatic carbocycles. The Morgan fingerprint density at radius 3 is 2.39 bits per heavy atom. The van der Waals surface area contributed by atoms with Crippen LogP contribution in [0.3, 0.4) is 0 Å². The number of amides is 1. The molecule has 0 aliphatic heterocycles. The summed E-state index contributed by atoms with van der Waals surface area (Å²) in [5.41, 5.74) is 1.26. The van der Waals surface area contributed by atoms with Crippen molar-refractivity contribution < 1.29 is 17.9 Å². The minimum absolute atomic E-state index is 0.120. The largest absolute Gasteiger partial charge is 0.494 e. The van der Waals surface area contributed by atoms with Crippen LogP contribution in [0, 0.1) is 0 Å². The van der Waals surface area contributed by atoms with Crippen molar-refractivity contribution in [3.63, 3.8) is 0 Å². The van der Waals surface area contributed by atoms with Crippen LogP contribution in [0.2, 0.25) is 0 Å². The lowest BCUT2D eigenvalue weighted by Crippen LogP contribution is -2.40. The summed E-state index contributed by atoms with van der Waals surface area (Å²) in [6.45, 7) is 2.37. The Labute approximate surface area is 191 Å². The number of hydrogen-bond acceptors (Lipinski definition) is 4. The summed E-state index contributed by atoms with van der Waals surface area (Å²) in [6.07, 6.45) is 0. The molecule has 0 atom stereocenters. The number of benzene rings is 3. The fourth-order valence-corrected chi connectivity index (χ4v) is 4.65. The van der Waals surface area contributed by atoms with Gasteiger partial charge in [0.2, 0.25) is 5.91 Å². The molecule has 0 fully saturated rings. The summed E-state index contributed by atoms with van der Waals surface area (Å²) < 4.78 is 33.9. The SMILES string of the molecule is CCOc1cccc(CNC(=O)CN(c2ccc(Br)cc2)S(=O)(=O)c2ccccc2)c1. The fraction of sp³-hybridized carbons (Fsp3) is 0.174. The number of halogens is 1. The van der Waals surface area contributed by atoms with Crippen LogP contribution in [0.4, 0.5) is 5.69 Å². The van der Waals surface area contributed by atoms with Gasteiger partial charge in [-0.25, -0.2) is 8.42 Å². The van der Waals surface area contributed by atoms with Gasteiger partial charge in [0, 0.05) is 11.0 Å². The van der Waals surface area contributed by atoms with E-state index in [9.17, 15) is 13.2 Å². The van der Waals surface area contributed by atoms with Gasteiger partial charge < -0.3 is 10.1 Å². The van der Waals surface area contributed by atoms with E-state index in [0.717, 1.165) is 20.1 Å². The third kappa shape index (κ3) is 6.08. The van der Waals surface area contributed by atoms with Gasteiger partial charge in [-0.2, -0.15) is 0 Å². The van der Waals surface area contributed by atoms with Gasteiger partial charge >= 0.3 is 0 Å². The Morgan fingerprint density at radius 1 is 1.00 bits per heavy atom. The number of rotatable bonds is 9. The first kappa shape index (κ1) is 22.8. The van der Waals surface area contributed by atoms with E-state index in [4.69, 9.17) is 4.74 Å². The van der Waals surface area contributed by atoms with Crippen molar-refractivity contribution in [3.05, 3.63) is 88.9 Å². The van der Waals surface area contributed by atoms with Crippen LogP contribution in [-0.4, -0.2) is 27.5 Å². The first-order valence-corrected chi connectivity index (χ1v) is 12.0. The van der Waals surface area contributed by atoms with Gasteiger partial charge in [-0.05, 0) is 61.0 Å². The van der Waals surface area contributed by atoms with Crippen molar-refractivity contribution in [1.82, 2.24) is 5.32 Å². The molecule has 1 N–H and O–H groups in total. The predicted octanol–water partition coefficient (Wildman–Crippen LogP) is 4.36. The Hall–Kier alpha value is -2.84. The van der Waals surface area contributed by atoms with Gasteiger partial charge in [-0.15, -0.1) is 0 Å². The molecule has 0 saturated heterocycles. The first-order chi connectivity index (χ1) is 14.9. The summed E-state index contributed by atoms with van der Waals surface area (Å²) in [7, 11) is -3.92. The van der Waals surface area contributed by atoms with Gasteiger partial charge in [0.15, 0.2) is 0 Å². The number of anilines is 1. The molecule has 0 aliphatic rings. The van der Waals surface area contributed by atoms with Crippen molar-refractivity contribution in [3.8, 4) is 5.75 Å². The molecule has 6 nitrogen and oxygen atoms in total. The molecule has 0 spiro atoms. The monoisotopic (exact) mass is 502 g/mol. The molecule has 3 aromatic carbocycles. The van der Waals surface area contributed by atoms with E-state index in [0.29, 0.717) is 12.3 Å². The molecule has 3 rings (SSSR count). The summed E-state index contributed by atoms with van der Waals surface area (Å²) in [5, 5.41) is 2.79. The highest BCUT2D eigenvalue weighted by atomic mass is 79.9. The molecule has 1 amide bonds. The van der Waals surface area contributed by atoms with Crippen molar-refractivity contribution in [2.45, 2.75) is 18.4 Å². The molecule has 0 bridgehead atoms. The Balaban J connectivity index is 1.79. The van der Waals surface area contributed by atoms with Crippen LogP contribution in [-0.2, 0) is 21.4 Å². The van der Waals surface area contributed by atoms with Crippen molar-refractivity contribution in [2.24, 2.45) is 0 Å². The predicted molar refractivity (Wildman–Crippen MR) is 125 cm³/mol. The molecule has 0 unspecified atom stereocenters. The second-order valence-corrected chi connectivity index (χ2v) is 9.44. The second-order valence-electron chi connectivity index (χ2n) is 6.66. The number of hydrogen-bond donors (Lipinski definition) is 1. The topological polar surface area (TPSA) is 75.7 Å². The number of carbonyl (C=O) groups is 1. The van der Waals surface area contributed by atoms with Crippen LogP contribution in [0.5, 0.6) is 5.75 Å². The Bertz CT molecular complexity index is 1120. The van der Waals surface area contributed by atoms with E-state index in [2.05, 4.69) is 21.2 Å².